The van der Waals surface area contributed by atoms with Gasteiger partial charge in [-0.1, -0.05) is 19.8 Å². The highest BCUT2D eigenvalue weighted by atomic mass is 19.4. The van der Waals surface area contributed by atoms with Gasteiger partial charge in [-0.05, 0) is 62.9 Å². The zero-order valence-electron chi connectivity index (χ0n) is 17.2. The summed E-state index contributed by atoms with van der Waals surface area (Å²) in [4.78, 5) is 14.8. The SMILES string of the molecule is CC1CCN([C@H]2CCCC[C@@H]2NC(=O)Nc2cc(C(F)(F)F)cc(C(F)(F)F)c2)CC1. The number of carbonyl (C=O) groups is 1. The van der Waals surface area contributed by atoms with Crippen molar-refractivity contribution in [2.75, 3.05) is 18.4 Å². The van der Waals surface area contributed by atoms with Gasteiger partial charge in [-0.25, -0.2) is 4.79 Å². The third-order valence-electron chi connectivity index (χ3n) is 6.18. The second-order valence-corrected chi connectivity index (χ2v) is 8.57. The van der Waals surface area contributed by atoms with Gasteiger partial charge < -0.3 is 10.6 Å². The molecule has 174 valence electrons. The number of urea groups is 1. The monoisotopic (exact) mass is 451 g/mol. The first-order chi connectivity index (χ1) is 14.4. The fourth-order valence-corrected chi connectivity index (χ4v) is 4.44. The number of benzene rings is 1. The minimum Gasteiger partial charge on any atom is -0.334 e. The Kier molecular flexibility index (Phi) is 7.08. The lowest BCUT2D eigenvalue weighted by molar-refractivity contribution is -0.143. The lowest BCUT2D eigenvalue weighted by atomic mass is 9.87. The average molecular weight is 451 g/mol. The number of anilines is 1. The number of alkyl halides is 6. The number of hydrogen-bond donors (Lipinski definition) is 2. The molecular weight excluding hydrogens is 424 g/mol. The van der Waals surface area contributed by atoms with Crippen LogP contribution in [0.3, 0.4) is 0 Å². The van der Waals surface area contributed by atoms with Crippen LogP contribution in [0.15, 0.2) is 18.2 Å². The van der Waals surface area contributed by atoms with Gasteiger partial charge in [0.15, 0.2) is 0 Å². The summed E-state index contributed by atoms with van der Waals surface area (Å²) < 4.78 is 78.2. The van der Waals surface area contributed by atoms with E-state index in [0.717, 1.165) is 51.6 Å². The number of carbonyl (C=O) groups excluding carboxylic acids is 1. The molecule has 1 saturated heterocycles. The van der Waals surface area contributed by atoms with E-state index in [4.69, 9.17) is 0 Å². The zero-order valence-corrected chi connectivity index (χ0v) is 17.2. The minimum atomic E-state index is -4.96. The topological polar surface area (TPSA) is 44.4 Å². The van der Waals surface area contributed by atoms with Crippen molar-refractivity contribution in [3.63, 3.8) is 0 Å². The second kappa shape index (κ2) is 9.26. The molecule has 1 heterocycles. The molecule has 2 N–H and O–H groups in total. The number of halogens is 6. The highest BCUT2D eigenvalue weighted by molar-refractivity contribution is 5.89. The van der Waals surface area contributed by atoms with Gasteiger partial charge in [-0.2, -0.15) is 26.3 Å². The smallest absolute Gasteiger partial charge is 0.334 e. The van der Waals surface area contributed by atoms with Crippen LogP contribution in [0.4, 0.5) is 36.8 Å². The van der Waals surface area contributed by atoms with Crippen LogP contribution in [-0.4, -0.2) is 36.1 Å². The van der Waals surface area contributed by atoms with Crippen molar-refractivity contribution in [1.29, 1.82) is 0 Å². The van der Waals surface area contributed by atoms with Crippen LogP contribution in [0.25, 0.3) is 0 Å². The Bertz CT molecular complexity index is 739. The molecule has 2 amide bonds. The highest BCUT2D eigenvalue weighted by Gasteiger charge is 2.37. The minimum absolute atomic E-state index is 0.0393. The number of nitrogens with zero attached hydrogens (tertiary/aromatic N) is 1. The molecule has 0 unspecified atom stereocenters. The van der Waals surface area contributed by atoms with Crippen molar-refractivity contribution in [3.05, 3.63) is 29.3 Å². The molecule has 0 aromatic heterocycles. The number of amides is 2. The summed E-state index contributed by atoms with van der Waals surface area (Å²) >= 11 is 0. The van der Waals surface area contributed by atoms with Crippen molar-refractivity contribution in [2.45, 2.75) is 69.9 Å². The first kappa shape index (κ1) is 23.7. The maximum Gasteiger partial charge on any atom is 0.416 e. The summed E-state index contributed by atoms with van der Waals surface area (Å²) in [7, 11) is 0. The summed E-state index contributed by atoms with van der Waals surface area (Å²) in [5.41, 5.74) is -3.47. The molecule has 1 aliphatic carbocycles. The van der Waals surface area contributed by atoms with E-state index in [2.05, 4.69) is 22.5 Å². The van der Waals surface area contributed by atoms with Gasteiger partial charge in [0.05, 0.1) is 11.1 Å². The van der Waals surface area contributed by atoms with E-state index in [-0.39, 0.29) is 18.2 Å². The fourth-order valence-electron chi connectivity index (χ4n) is 4.44. The van der Waals surface area contributed by atoms with Crippen molar-refractivity contribution in [1.82, 2.24) is 10.2 Å². The normalized spacial score (nSPS) is 24.1. The van der Waals surface area contributed by atoms with E-state index >= 15 is 0 Å². The molecule has 4 nitrogen and oxygen atoms in total. The molecule has 10 heteroatoms. The average Bonchev–Trinajstić information content (AvgIpc) is 2.67. The van der Waals surface area contributed by atoms with Crippen LogP contribution in [0.2, 0.25) is 0 Å². The molecule has 2 atom stereocenters. The molecule has 3 rings (SSSR count). The van der Waals surface area contributed by atoms with Gasteiger partial charge in [-0.3, -0.25) is 4.90 Å². The van der Waals surface area contributed by atoms with Crippen LogP contribution < -0.4 is 10.6 Å². The van der Waals surface area contributed by atoms with Crippen molar-refractivity contribution in [3.8, 4) is 0 Å². The van der Waals surface area contributed by atoms with Gasteiger partial charge in [0.1, 0.15) is 0 Å². The number of nitrogens with one attached hydrogen (secondary N) is 2. The Balaban J connectivity index is 1.71. The molecule has 2 aliphatic rings. The molecule has 31 heavy (non-hydrogen) atoms. The van der Waals surface area contributed by atoms with Crippen LogP contribution in [0.5, 0.6) is 0 Å². The van der Waals surface area contributed by atoms with Crippen molar-refractivity contribution < 1.29 is 31.1 Å². The van der Waals surface area contributed by atoms with Crippen LogP contribution >= 0.6 is 0 Å². The zero-order chi connectivity index (χ0) is 22.8. The molecule has 1 aromatic carbocycles. The van der Waals surface area contributed by atoms with Crippen LogP contribution in [0.1, 0.15) is 56.6 Å². The third kappa shape index (κ3) is 6.27. The number of likely N-dealkylation sites (tertiary alicyclic amines) is 1. The van der Waals surface area contributed by atoms with Gasteiger partial charge in [0, 0.05) is 17.8 Å². The first-order valence-electron chi connectivity index (χ1n) is 10.5. The van der Waals surface area contributed by atoms with E-state index in [9.17, 15) is 31.1 Å². The predicted octanol–water partition coefficient (Wildman–Crippen LogP) is 5.89. The van der Waals surface area contributed by atoms with Gasteiger partial charge in [0.2, 0.25) is 0 Å². The Hall–Kier alpha value is -1.97. The first-order valence-corrected chi connectivity index (χ1v) is 10.5. The Morgan fingerprint density at radius 2 is 1.45 bits per heavy atom. The van der Waals surface area contributed by atoms with E-state index in [1.54, 1.807) is 0 Å². The maximum absolute atomic E-state index is 13.0. The number of hydrogen-bond acceptors (Lipinski definition) is 2. The van der Waals surface area contributed by atoms with Gasteiger partial charge >= 0.3 is 18.4 Å². The molecule has 2 fully saturated rings. The molecule has 0 spiro atoms. The highest BCUT2D eigenvalue weighted by Crippen LogP contribution is 2.37. The fraction of sp³-hybridized carbons (Fsp3) is 0.667. The molecule has 1 saturated carbocycles. The van der Waals surface area contributed by atoms with Crippen LogP contribution in [-0.2, 0) is 12.4 Å². The standard InChI is InChI=1S/C21H27F6N3O/c1-13-6-8-30(9-7-13)18-5-3-2-4-17(18)29-19(31)28-16-11-14(20(22,23)24)10-15(12-16)21(25,26)27/h10-13,17-18H,2-9H2,1H3,(H2,28,29,31)/t17-,18-/m0/s1. The molecule has 0 bridgehead atoms. The van der Waals surface area contributed by atoms with E-state index in [1.165, 1.54) is 0 Å². The predicted molar refractivity (Wildman–Crippen MR) is 105 cm³/mol. The quantitative estimate of drug-likeness (QED) is 0.563. The molecule has 1 aliphatic heterocycles. The molecule has 1 aromatic rings. The maximum atomic E-state index is 13.0. The molecular formula is C21H27F6N3O. The number of rotatable bonds is 3. The summed E-state index contributed by atoms with van der Waals surface area (Å²) in [6, 6.07) is 0.194. The van der Waals surface area contributed by atoms with Crippen LogP contribution in [0, 0.1) is 5.92 Å². The number of piperidine rings is 1. The summed E-state index contributed by atoms with van der Waals surface area (Å²) in [5, 5.41) is 4.96. The largest absolute Gasteiger partial charge is 0.416 e. The third-order valence-corrected chi connectivity index (χ3v) is 6.18. The van der Waals surface area contributed by atoms with E-state index in [0.29, 0.717) is 18.1 Å². The second-order valence-electron chi connectivity index (χ2n) is 8.57. The van der Waals surface area contributed by atoms with Gasteiger partial charge in [-0.15, -0.1) is 0 Å². The van der Waals surface area contributed by atoms with Gasteiger partial charge in [0.25, 0.3) is 0 Å². The summed E-state index contributed by atoms with van der Waals surface area (Å²) in [5.74, 6) is 0.651. The lowest BCUT2D eigenvalue weighted by Crippen LogP contribution is -2.55. The van der Waals surface area contributed by atoms with Crippen molar-refractivity contribution >= 4 is 11.7 Å². The van der Waals surface area contributed by atoms with Crippen molar-refractivity contribution in [2.24, 2.45) is 5.92 Å². The van der Waals surface area contributed by atoms with E-state index < -0.39 is 35.2 Å². The van der Waals surface area contributed by atoms with E-state index in [1.807, 2.05) is 0 Å². The molecule has 0 radical (unpaired) electrons. The summed E-state index contributed by atoms with van der Waals surface area (Å²) in [6.45, 7) is 4.05. The summed E-state index contributed by atoms with van der Waals surface area (Å²) in [6.07, 6.45) is -4.23. The Morgan fingerprint density at radius 1 is 0.903 bits per heavy atom. The Morgan fingerprint density at radius 3 is 2.00 bits per heavy atom. The lowest BCUT2D eigenvalue weighted by Gasteiger charge is -2.43. The Labute approximate surface area is 177 Å².